The van der Waals surface area contributed by atoms with Crippen molar-refractivity contribution in [3.63, 3.8) is 0 Å². The third kappa shape index (κ3) is 4.89. The molecule has 0 spiro atoms. The number of para-hydroxylation sites is 3. The van der Waals surface area contributed by atoms with Crippen molar-refractivity contribution in [2.75, 3.05) is 10.0 Å². The van der Waals surface area contributed by atoms with E-state index in [-0.39, 0.29) is 10.6 Å². The first kappa shape index (κ1) is 19.4. The number of benzene rings is 3. The van der Waals surface area contributed by atoms with Gasteiger partial charge in [0, 0.05) is 0 Å². The molecule has 0 radical (unpaired) electrons. The van der Waals surface area contributed by atoms with Crippen molar-refractivity contribution >= 4 is 27.3 Å². The van der Waals surface area contributed by atoms with Gasteiger partial charge in [0.25, 0.3) is 15.9 Å². The highest BCUT2D eigenvalue weighted by atomic mass is 32.2. The lowest BCUT2D eigenvalue weighted by Crippen LogP contribution is -2.30. The summed E-state index contributed by atoms with van der Waals surface area (Å²) >= 11 is 0. The van der Waals surface area contributed by atoms with E-state index >= 15 is 0 Å². The van der Waals surface area contributed by atoms with Gasteiger partial charge in [0.2, 0.25) is 0 Å². The number of anilines is 2. The second-order valence-corrected chi connectivity index (χ2v) is 7.71. The SMILES string of the molecule is CC(Oc1ccccc1)C(=O)Nc1ccccc1NS(=O)(=O)c1ccccc1. The summed E-state index contributed by atoms with van der Waals surface area (Å²) in [7, 11) is -3.77. The number of ether oxygens (including phenoxy) is 1. The molecule has 3 aromatic carbocycles. The van der Waals surface area contributed by atoms with E-state index in [0.717, 1.165) is 0 Å². The van der Waals surface area contributed by atoms with E-state index in [9.17, 15) is 13.2 Å². The Morgan fingerprint density at radius 2 is 1.36 bits per heavy atom. The lowest BCUT2D eigenvalue weighted by Gasteiger charge is -2.17. The van der Waals surface area contributed by atoms with E-state index in [4.69, 9.17) is 4.74 Å². The molecule has 0 aromatic heterocycles. The van der Waals surface area contributed by atoms with Gasteiger partial charge in [-0.1, -0.05) is 48.5 Å². The van der Waals surface area contributed by atoms with Gasteiger partial charge in [-0.3, -0.25) is 9.52 Å². The summed E-state index contributed by atoms with van der Waals surface area (Å²) in [6.07, 6.45) is -0.763. The molecule has 0 saturated heterocycles. The first-order chi connectivity index (χ1) is 13.5. The van der Waals surface area contributed by atoms with Crippen LogP contribution in [0.4, 0.5) is 11.4 Å². The van der Waals surface area contributed by atoms with Crippen LogP contribution in [0, 0.1) is 0 Å². The van der Waals surface area contributed by atoms with Crippen molar-refractivity contribution in [3.8, 4) is 5.75 Å². The highest BCUT2D eigenvalue weighted by Gasteiger charge is 2.19. The van der Waals surface area contributed by atoms with Crippen LogP contribution in [0.2, 0.25) is 0 Å². The maximum Gasteiger partial charge on any atom is 0.265 e. The Bertz CT molecular complexity index is 1040. The Morgan fingerprint density at radius 1 is 0.821 bits per heavy atom. The molecule has 3 rings (SSSR count). The Hall–Kier alpha value is -3.32. The quantitative estimate of drug-likeness (QED) is 0.634. The van der Waals surface area contributed by atoms with Gasteiger partial charge in [0.15, 0.2) is 6.10 Å². The molecule has 0 aliphatic heterocycles. The fraction of sp³-hybridized carbons (Fsp3) is 0.0952. The summed E-state index contributed by atoms with van der Waals surface area (Å²) in [6, 6.07) is 23.6. The van der Waals surface area contributed by atoms with Gasteiger partial charge in [-0.15, -0.1) is 0 Å². The molecule has 0 fully saturated rings. The average molecular weight is 396 g/mol. The molecular formula is C21H20N2O4S. The topological polar surface area (TPSA) is 84.5 Å². The third-order valence-corrected chi connectivity index (χ3v) is 5.29. The summed E-state index contributed by atoms with van der Waals surface area (Å²) in [6.45, 7) is 1.62. The highest BCUT2D eigenvalue weighted by Crippen LogP contribution is 2.25. The van der Waals surface area contributed by atoms with Crippen LogP contribution in [0.5, 0.6) is 5.75 Å². The predicted octanol–water partition coefficient (Wildman–Crippen LogP) is 3.89. The van der Waals surface area contributed by atoms with Crippen molar-refractivity contribution < 1.29 is 17.9 Å². The number of sulfonamides is 1. The summed E-state index contributed by atoms with van der Waals surface area (Å²) in [5, 5.41) is 2.71. The second kappa shape index (κ2) is 8.58. The minimum Gasteiger partial charge on any atom is -0.481 e. The molecule has 28 heavy (non-hydrogen) atoms. The van der Waals surface area contributed by atoms with Crippen LogP contribution < -0.4 is 14.8 Å². The summed E-state index contributed by atoms with van der Waals surface area (Å²) in [4.78, 5) is 12.6. The molecule has 1 amide bonds. The van der Waals surface area contributed by atoms with Gasteiger partial charge in [0.05, 0.1) is 16.3 Å². The molecule has 6 nitrogen and oxygen atoms in total. The maximum atomic E-state index is 12.6. The molecule has 1 atom stereocenters. The molecule has 1 unspecified atom stereocenters. The van der Waals surface area contributed by atoms with Crippen LogP contribution >= 0.6 is 0 Å². The third-order valence-electron chi connectivity index (χ3n) is 3.91. The van der Waals surface area contributed by atoms with E-state index in [1.807, 2.05) is 18.2 Å². The zero-order valence-corrected chi connectivity index (χ0v) is 16.0. The minimum absolute atomic E-state index is 0.136. The lowest BCUT2D eigenvalue weighted by atomic mass is 10.2. The molecule has 0 aliphatic carbocycles. The highest BCUT2D eigenvalue weighted by molar-refractivity contribution is 7.92. The van der Waals surface area contributed by atoms with E-state index in [0.29, 0.717) is 11.4 Å². The number of carbonyl (C=O) groups excluding carboxylic acids is 1. The zero-order chi connectivity index (χ0) is 20.0. The van der Waals surface area contributed by atoms with Crippen LogP contribution in [0.3, 0.4) is 0 Å². The second-order valence-electron chi connectivity index (χ2n) is 6.03. The molecule has 3 aromatic rings. The standard InChI is InChI=1S/C21H20N2O4S/c1-16(27-17-10-4-2-5-11-17)21(24)22-19-14-8-9-15-20(19)23-28(25,26)18-12-6-3-7-13-18/h2-16,23H,1H3,(H,22,24). The smallest absolute Gasteiger partial charge is 0.265 e. The molecule has 0 heterocycles. The van der Waals surface area contributed by atoms with E-state index in [1.54, 1.807) is 61.5 Å². The summed E-state index contributed by atoms with van der Waals surface area (Å²) in [5.74, 6) is 0.179. The zero-order valence-electron chi connectivity index (χ0n) is 15.2. The van der Waals surface area contributed by atoms with Crippen LogP contribution in [0.1, 0.15) is 6.92 Å². The van der Waals surface area contributed by atoms with Gasteiger partial charge in [-0.05, 0) is 43.3 Å². The molecule has 0 saturated carbocycles. The maximum absolute atomic E-state index is 12.6. The van der Waals surface area contributed by atoms with Crippen molar-refractivity contribution in [1.29, 1.82) is 0 Å². The molecule has 0 aliphatic rings. The first-order valence-electron chi connectivity index (χ1n) is 8.65. The normalized spacial score (nSPS) is 12.0. The van der Waals surface area contributed by atoms with Crippen molar-refractivity contribution in [3.05, 3.63) is 84.9 Å². The molecule has 2 N–H and O–H groups in total. The minimum atomic E-state index is -3.77. The largest absolute Gasteiger partial charge is 0.481 e. The predicted molar refractivity (Wildman–Crippen MR) is 109 cm³/mol. The Labute approximate surface area is 164 Å². The van der Waals surface area contributed by atoms with Crippen LogP contribution in [0.25, 0.3) is 0 Å². The van der Waals surface area contributed by atoms with Gasteiger partial charge in [-0.25, -0.2) is 8.42 Å². The van der Waals surface area contributed by atoms with E-state index in [1.165, 1.54) is 12.1 Å². The van der Waals surface area contributed by atoms with Crippen LogP contribution in [-0.2, 0) is 14.8 Å². The fourth-order valence-electron chi connectivity index (χ4n) is 2.48. The van der Waals surface area contributed by atoms with E-state index < -0.39 is 22.0 Å². The van der Waals surface area contributed by atoms with Gasteiger partial charge in [0.1, 0.15) is 5.75 Å². The number of carbonyl (C=O) groups is 1. The van der Waals surface area contributed by atoms with Gasteiger partial charge in [-0.2, -0.15) is 0 Å². The van der Waals surface area contributed by atoms with Crippen molar-refractivity contribution in [2.24, 2.45) is 0 Å². The van der Waals surface area contributed by atoms with Gasteiger partial charge < -0.3 is 10.1 Å². The van der Waals surface area contributed by atoms with Crippen molar-refractivity contribution in [2.45, 2.75) is 17.9 Å². The number of amides is 1. The van der Waals surface area contributed by atoms with Crippen LogP contribution in [-0.4, -0.2) is 20.4 Å². The Balaban J connectivity index is 1.74. The number of hydrogen-bond donors (Lipinski definition) is 2. The Kier molecular flexibility index (Phi) is 5.96. The summed E-state index contributed by atoms with van der Waals surface area (Å²) < 4.78 is 33.3. The van der Waals surface area contributed by atoms with E-state index in [2.05, 4.69) is 10.0 Å². The molecular weight excluding hydrogens is 376 g/mol. The number of rotatable bonds is 7. The first-order valence-corrected chi connectivity index (χ1v) is 10.1. The number of nitrogens with one attached hydrogen (secondary N) is 2. The fourth-order valence-corrected chi connectivity index (χ4v) is 3.58. The molecule has 144 valence electrons. The Morgan fingerprint density at radius 3 is 2.00 bits per heavy atom. The molecule has 0 bridgehead atoms. The average Bonchev–Trinajstić information content (AvgIpc) is 2.70. The van der Waals surface area contributed by atoms with Gasteiger partial charge >= 0.3 is 0 Å². The van der Waals surface area contributed by atoms with Crippen molar-refractivity contribution in [1.82, 2.24) is 0 Å². The number of hydrogen-bond acceptors (Lipinski definition) is 4. The van der Waals surface area contributed by atoms with Crippen LogP contribution in [0.15, 0.2) is 89.8 Å². The molecule has 7 heteroatoms. The monoisotopic (exact) mass is 396 g/mol. The summed E-state index contributed by atoms with van der Waals surface area (Å²) in [5.41, 5.74) is 0.613. The lowest BCUT2D eigenvalue weighted by molar-refractivity contribution is -0.122.